The molecule has 0 radical (unpaired) electrons. The zero-order valence-corrected chi connectivity index (χ0v) is 13.8. The maximum absolute atomic E-state index is 12.6. The normalized spacial score (nSPS) is 16.3. The molecule has 1 fully saturated rings. The minimum absolute atomic E-state index is 0.224. The second-order valence-corrected chi connectivity index (χ2v) is 7.78. The minimum Gasteiger partial charge on any atom is -0.258 e. The molecular formula is C17H18N2O4S. The van der Waals surface area contributed by atoms with Crippen LogP contribution in [0.3, 0.4) is 0 Å². The summed E-state index contributed by atoms with van der Waals surface area (Å²) in [6, 6.07) is 15.2. The van der Waals surface area contributed by atoms with Gasteiger partial charge in [-0.2, -0.15) is 0 Å². The highest BCUT2D eigenvalue weighted by Gasteiger charge is 2.40. The smallest absolute Gasteiger partial charge is 0.258 e. The third kappa shape index (κ3) is 3.05. The Hall–Kier alpha value is -2.25. The van der Waals surface area contributed by atoms with Crippen molar-refractivity contribution in [3.8, 4) is 0 Å². The molecule has 6 nitrogen and oxygen atoms in total. The summed E-state index contributed by atoms with van der Waals surface area (Å²) in [5.41, 5.74) is 0.464. The van der Waals surface area contributed by atoms with Crippen molar-refractivity contribution in [2.24, 2.45) is 0 Å². The van der Waals surface area contributed by atoms with Crippen molar-refractivity contribution in [3.05, 3.63) is 70.3 Å². The zero-order valence-electron chi connectivity index (χ0n) is 13.0. The fraction of sp³-hybridized carbons (Fsp3) is 0.294. The number of nitrogens with one attached hydrogen (secondary N) is 1. The number of sulfonamides is 1. The lowest BCUT2D eigenvalue weighted by Crippen LogP contribution is -2.45. The molecule has 0 bridgehead atoms. The molecule has 0 spiro atoms. The molecule has 2 aromatic rings. The van der Waals surface area contributed by atoms with Gasteiger partial charge in [0.15, 0.2) is 4.90 Å². The summed E-state index contributed by atoms with van der Waals surface area (Å²) in [6.07, 6.45) is 2.84. The first-order valence-electron chi connectivity index (χ1n) is 7.73. The van der Waals surface area contributed by atoms with Crippen LogP contribution < -0.4 is 4.72 Å². The van der Waals surface area contributed by atoms with Crippen molar-refractivity contribution in [1.82, 2.24) is 4.72 Å². The summed E-state index contributed by atoms with van der Waals surface area (Å²) in [4.78, 5) is 10.1. The number of benzene rings is 2. The maximum atomic E-state index is 12.6. The number of hydrogen-bond acceptors (Lipinski definition) is 4. The van der Waals surface area contributed by atoms with Crippen molar-refractivity contribution in [2.75, 3.05) is 6.54 Å². The van der Waals surface area contributed by atoms with E-state index in [0.29, 0.717) is 0 Å². The Morgan fingerprint density at radius 3 is 2.25 bits per heavy atom. The number of rotatable bonds is 6. The van der Waals surface area contributed by atoms with E-state index < -0.39 is 20.6 Å². The van der Waals surface area contributed by atoms with E-state index in [-0.39, 0.29) is 16.9 Å². The highest BCUT2D eigenvalue weighted by Crippen LogP contribution is 2.43. The topological polar surface area (TPSA) is 89.3 Å². The highest BCUT2D eigenvalue weighted by atomic mass is 32.2. The van der Waals surface area contributed by atoms with Crippen LogP contribution in [-0.4, -0.2) is 19.9 Å². The van der Waals surface area contributed by atoms with Crippen molar-refractivity contribution in [1.29, 1.82) is 0 Å². The molecule has 0 amide bonds. The molecule has 0 heterocycles. The van der Waals surface area contributed by atoms with E-state index in [1.54, 1.807) is 0 Å². The van der Waals surface area contributed by atoms with Crippen LogP contribution in [0.4, 0.5) is 5.69 Å². The molecule has 3 rings (SSSR count). The van der Waals surface area contributed by atoms with E-state index in [1.165, 1.54) is 24.3 Å². The maximum Gasteiger partial charge on any atom is 0.289 e. The molecule has 0 aromatic heterocycles. The lowest BCUT2D eigenvalue weighted by Gasteiger charge is -2.42. The van der Waals surface area contributed by atoms with Crippen LogP contribution in [-0.2, 0) is 15.4 Å². The number of para-hydroxylation sites is 1. The van der Waals surface area contributed by atoms with Gasteiger partial charge in [-0.15, -0.1) is 0 Å². The quantitative estimate of drug-likeness (QED) is 0.643. The molecule has 1 N–H and O–H groups in total. The molecule has 0 atom stereocenters. The molecule has 0 saturated heterocycles. The fourth-order valence-corrected chi connectivity index (χ4v) is 4.41. The van der Waals surface area contributed by atoms with E-state index in [2.05, 4.69) is 4.72 Å². The van der Waals surface area contributed by atoms with Gasteiger partial charge >= 0.3 is 0 Å². The van der Waals surface area contributed by atoms with Crippen molar-refractivity contribution in [3.63, 3.8) is 0 Å². The number of hydrogen-bond donors (Lipinski definition) is 1. The van der Waals surface area contributed by atoms with Crippen LogP contribution in [0.1, 0.15) is 24.8 Å². The molecule has 1 saturated carbocycles. The first-order chi connectivity index (χ1) is 11.4. The summed E-state index contributed by atoms with van der Waals surface area (Å²) in [5, 5.41) is 11.1. The van der Waals surface area contributed by atoms with E-state index in [0.717, 1.165) is 24.8 Å². The third-order valence-electron chi connectivity index (χ3n) is 4.65. The predicted octanol–water partition coefficient (Wildman–Crippen LogP) is 3.00. The molecule has 126 valence electrons. The number of nitro benzene ring substituents is 1. The first kappa shape index (κ1) is 16.6. The molecule has 24 heavy (non-hydrogen) atoms. The average Bonchev–Trinajstić information content (AvgIpc) is 2.55. The van der Waals surface area contributed by atoms with Gasteiger partial charge in [-0.3, -0.25) is 10.1 Å². The molecule has 0 aliphatic heterocycles. The molecule has 7 heteroatoms. The number of nitro groups is 1. The van der Waals surface area contributed by atoms with Gasteiger partial charge in [-0.1, -0.05) is 48.9 Å². The lowest BCUT2D eigenvalue weighted by atomic mass is 9.64. The van der Waals surface area contributed by atoms with Crippen molar-refractivity contribution < 1.29 is 13.3 Å². The Labute approximate surface area is 140 Å². The van der Waals surface area contributed by atoms with Crippen molar-refractivity contribution >= 4 is 15.7 Å². The van der Waals surface area contributed by atoms with Crippen LogP contribution in [0, 0.1) is 10.1 Å². The average molecular weight is 346 g/mol. The summed E-state index contributed by atoms with van der Waals surface area (Å²) >= 11 is 0. The van der Waals surface area contributed by atoms with Gasteiger partial charge in [0, 0.05) is 18.0 Å². The van der Waals surface area contributed by atoms with Gasteiger partial charge in [-0.05, 0) is 24.5 Å². The standard InChI is InChI=1S/C17H18N2O4S/c20-19(21)15-9-4-5-10-16(15)24(22,23)18-13-17(11-6-12-17)14-7-2-1-3-8-14/h1-5,7-10,18H,6,11-13H2. The van der Waals surface area contributed by atoms with Crippen molar-refractivity contribution in [2.45, 2.75) is 29.6 Å². The molecular weight excluding hydrogens is 328 g/mol. The Kier molecular flexibility index (Phi) is 4.38. The van der Waals surface area contributed by atoms with Crippen LogP contribution >= 0.6 is 0 Å². The van der Waals surface area contributed by atoms with E-state index >= 15 is 0 Å². The van der Waals surface area contributed by atoms with E-state index in [1.807, 2.05) is 30.3 Å². The predicted molar refractivity (Wildman–Crippen MR) is 90.3 cm³/mol. The van der Waals surface area contributed by atoms with E-state index in [4.69, 9.17) is 0 Å². The fourth-order valence-electron chi connectivity index (χ4n) is 3.11. The van der Waals surface area contributed by atoms with Crippen LogP contribution in [0.5, 0.6) is 0 Å². The van der Waals surface area contributed by atoms with Gasteiger partial charge < -0.3 is 0 Å². The Bertz CT molecular complexity index is 846. The van der Waals surface area contributed by atoms with E-state index in [9.17, 15) is 18.5 Å². The summed E-state index contributed by atoms with van der Waals surface area (Å²) in [6.45, 7) is 0.241. The molecule has 1 aliphatic carbocycles. The highest BCUT2D eigenvalue weighted by molar-refractivity contribution is 7.89. The second-order valence-electron chi connectivity index (χ2n) is 6.05. The van der Waals surface area contributed by atoms with Crippen LogP contribution in [0.25, 0.3) is 0 Å². The monoisotopic (exact) mass is 346 g/mol. The van der Waals surface area contributed by atoms with Gasteiger partial charge in [0.1, 0.15) is 0 Å². The summed E-state index contributed by atoms with van der Waals surface area (Å²) in [7, 11) is -3.95. The largest absolute Gasteiger partial charge is 0.289 e. The lowest BCUT2D eigenvalue weighted by molar-refractivity contribution is -0.387. The Balaban J connectivity index is 1.85. The van der Waals surface area contributed by atoms with Crippen LogP contribution in [0.2, 0.25) is 0 Å². The first-order valence-corrected chi connectivity index (χ1v) is 9.22. The zero-order chi connectivity index (χ0) is 17.2. The van der Waals surface area contributed by atoms with Crippen LogP contribution in [0.15, 0.2) is 59.5 Å². The Morgan fingerprint density at radius 2 is 1.67 bits per heavy atom. The van der Waals surface area contributed by atoms with Gasteiger partial charge in [-0.25, -0.2) is 13.1 Å². The van der Waals surface area contributed by atoms with Gasteiger partial charge in [0.05, 0.1) is 4.92 Å². The van der Waals surface area contributed by atoms with Gasteiger partial charge in [0.25, 0.3) is 5.69 Å². The number of nitrogens with zero attached hydrogens (tertiary/aromatic N) is 1. The molecule has 1 aliphatic rings. The SMILES string of the molecule is O=[N+]([O-])c1ccccc1S(=O)(=O)NCC1(c2ccccc2)CCC1. The third-order valence-corrected chi connectivity index (χ3v) is 6.10. The molecule has 2 aromatic carbocycles. The summed E-state index contributed by atoms with van der Waals surface area (Å²) < 4.78 is 27.7. The molecule has 0 unspecified atom stereocenters. The Morgan fingerprint density at radius 1 is 1.04 bits per heavy atom. The summed E-state index contributed by atoms with van der Waals surface area (Å²) in [5.74, 6) is 0. The second kappa shape index (κ2) is 6.33. The van der Waals surface area contributed by atoms with Gasteiger partial charge in [0.2, 0.25) is 10.0 Å². The minimum atomic E-state index is -3.95.